The number of ether oxygens (including phenoxy) is 2. The van der Waals surface area contributed by atoms with Crippen LogP contribution in [0.5, 0.6) is 5.75 Å². The summed E-state index contributed by atoms with van der Waals surface area (Å²) in [5.74, 6) is 0.539. The molecule has 0 bridgehead atoms. The molecule has 2 aliphatic rings. The summed E-state index contributed by atoms with van der Waals surface area (Å²) in [4.78, 5) is 2.50. The molecule has 1 aliphatic heterocycles. The van der Waals surface area contributed by atoms with Crippen molar-refractivity contribution >= 4 is 0 Å². The van der Waals surface area contributed by atoms with Crippen molar-refractivity contribution in [1.29, 1.82) is 0 Å². The molecule has 22 heavy (non-hydrogen) atoms. The second-order valence-corrected chi connectivity index (χ2v) is 6.77. The highest BCUT2D eigenvalue weighted by molar-refractivity contribution is 5.22. The van der Waals surface area contributed by atoms with Crippen LogP contribution in [0.25, 0.3) is 0 Å². The van der Waals surface area contributed by atoms with Gasteiger partial charge in [-0.2, -0.15) is 0 Å². The maximum Gasteiger partial charge on any atom is 0.124 e. The smallest absolute Gasteiger partial charge is 0.124 e. The number of hydrogen-bond acceptors (Lipinski definition) is 3. The van der Waals surface area contributed by atoms with Gasteiger partial charge in [0.15, 0.2) is 0 Å². The lowest BCUT2D eigenvalue weighted by atomic mass is 9.89. The number of benzene rings is 1. The highest BCUT2D eigenvalue weighted by atomic mass is 19.1. The van der Waals surface area contributed by atoms with Crippen molar-refractivity contribution in [2.75, 3.05) is 13.1 Å². The third-order valence-corrected chi connectivity index (χ3v) is 4.57. The van der Waals surface area contributed by atoms with Gasteiger partial charge in [-0.1, -0.05) is 0 Å². The SMILES string of the molecule is CC(C)OC1CCCC(N2CC(Oc3ccc(F)cc3)C2)C1. The van der Waals surface area contributed by atoms with Crippen LogP contribution in [0.15, 0.2) is 24.3 Å². The summed E-state index contributed by atoms with van der Waals surface area (Å²) in [5.41, 5.74) is 0. The predicted octanol–water partition coefficient (Wildman–Crippen LogP) is 3.62. The average molecular weight is 307 g/mol. The number of hydrogen-bond donors (Lipinski definition) is 0. The van der Waals surface area contributed by atoms with Crippen LogP contribution in [0.3, 0.4) is 0 Å². The molecule has 1 aromatic carbocycles. The molecule has 1 saturated carbocycles. The Morgan fingerprint density at radius 1 is 1.09 bits per heavy atom. The van der Waals surface area contributed by atoms with Gasteiger partial charge in [0.1, 0.15) is 17.7 Å². The van der Waals surface area contributed by atoms with E-state index in [0.717, 1.165) is 25.3 Å². The van der Waals surface area contributed by atoms with Gasteiger partial charge in [0, 0.05) is 19.1 Å². The minimum Gasteiger partial charge on any atom is -0.488 e. The van der Waals surface area contributed by atoms with E-state index in [1.807, 2.05) is 0 Å². The van der Waals surface area contributed by atoms with E-state index < -0.39 is 0 Å². The fraction of sp³-hybridized carbons (Fsp3) is 0.667. The van der Waals surface area contributed by atoms with Gasteiger partial charge in [0.2, 0.25) is 0 Å². The Morgan fingerprint density at radius 3 is 2.50 bits per heavy atom. The molecule has 0 radical (unpaired) electrons. The van der Waals surface area contributed by atoms with Gasteiger partial charge in [-0.05, 0) is 63.8 Å². The zero-order valence-corrected chi connectivity index (χ0v) is 13.5. The highest BCUT2D eigenvalue weighted by Gasteiger charge is 2.36. The number of halogens is 1. The van der Waals surface area contributed by atoms with E-state index in [2.05, 4.69) is 18.7 Å². The number of nitrogens with zero attached hydrogens (tertiary/aromatic N) is 1. The normalized spacial score (nSPS) is 26.9. The van der Waals surface area contributed by atoms with Crippen LogP contribution in [0.1, 0.15) is 39.5 Å². The Balaban J connectivity index is 1.43. The van der Waals surface area contributed by atoms with Crippen molar-refractivity contribution in [3.63, 3.8) is 0 Å². The van der Waals surface area contributed by atoms with E-state index >= 15 is 0 Å². The molecule has 1 aromatic rings. The molecular formula is C18H26FNO2. The lowest BCUT2D eigenvalue weighted by molar-refractivity contribution is -0.0658. The maximum absolute atomic E-state index is 12.9. The van der Waals surface area contributed by atoms with E-state index in [1.54, 1.807) is 12.1 Å². The molecule has 1 saturated heterocycles. The number of likely N-dealkylation sites (tertiary alicyclic amines) is 1. The standard InChI is InChI=1S/C18H26FNO2/c1-13(2)21-17-5-3-4-15(10-17)20-11-18(12-20)22-16-8-6-14(19)7-9-16/h6-9,13,15,17-18H,3-5,10-12H2,1-2H3. The molecule has 3 rings (SSSR count). The van der Waals surface area contributed by atoms with Crippen LogP contribution in [-0.2, 0) is 4.74 Å². The minimum absolute atomic E-state index is 0.221. The van der Waals surface area contributed by atoms with Crippen molar-refractivity contribution in [3.05, 3.63) is 30.1 Å². The zero-order valence-electron chi connectivity index (χ0n) is 13.5. The first-order valence-electron chi connectivity index (χ1n) is 8.42. The second kappa shape index (κ2) is 6.97. The summed E-state index contributed by atoms with van der Waals surface area (Å²) in [6.07, 6.45) is 5.81. The zero-order chi connectivity index (χ0) is 15.5. The van der Waals surface area contributed by atoms with Crippen LogP contribution in [0.2, 0.25) is 0 Å². The van der Waals surface area contributed by atoms with Gasteiger partial charge < -0.3 is 9.47 Å². The minimum atomic E-state index is -0.221. The summed E-state index contributed by atoms with van der Waals surface area (Å²) in [7, 11) is 0. The molecule has 2 unspecified atom stereocenters. The summed E-state index contributed by atoms with van der Waals surface area (Å²) >= 11 is 0. The summed E-state index contributed by atoms with van der Waals surface area (Å²) < 4.78 is 24.7. The van der Waals surface area contributed by atoms with Crippen LogP contribution < -0.4 is 4.74 Å². The van der Waals surface area contributed by atoms with Crippen LogP contribution in [-0.4, -0.2) is 42.3 Å². The van der Waals surface area contributed by atoms with Crippen molar-refractivity contribution in [1.82, 2.24) is 4.90 Å². The molecule has 4 heteroatoms. The Kier molecular flexibility index (Phi) is 4.99. The largest absolute Gasteiger partial charge is 0.488 e. The summed E-state index contributed by atoms with van der Waals surface area (Å²) in [6.45, 7) is 6.16. The molecule has 3 nitrogen and oxygen atoms in total. The predicted molar refractivity (Wildman–Crippen MR) is 84.7 cm³/mol. The van der Waals surface area contributed by atoms with Gasteiger partial charge >= 0.3 is 0 Å². The van der Waals surface area contributed by atoms with Crippen molar-refractivity contribution in [3.8, 4) is 5.75 Å². The lowest BCUT2D eigenvalue weighted by Gasteiger charge is -2.46. The molecule has 122 valence electrons. The number of rotatable bonds is 5. The fourth-order valence-corrected chi connectivity index (χ4v) is 3.51. The second-order valence-electron chi connectivity index (χ2n) is 6.77. The van der Waals surface area contributed by atoms with Crippen LogP contribution in [0, 0.1) is 5.82 Å². The molecule has 1 aliphatic carbocycles. The van der Waals surface area contributed by atoms with Gasteiger partial charge in [0.05, 0.1) is 12.2 Å². The highest BCUT2D eigenvalue weighted by Crippen LogP contribution is 2.30. The molecule has 1 heterocycles. The first-order valence-corrected chi connectivity index (χ1v) is 8.42. The first-order chi connectivity index (χ1) is 10.6. The Hall–Kier alpha value is -1.13. The monoisotopic (exact) mass is 307 g/mol. The van der Waals surface area contributed by atoms with Crippen molar-refractivity contribution in [2.24, 2.45) is 0 Å². The summed E-state index contributed by atoms with van der Waals surface area (Å²) in [6, 6.07) is 6.92. The quantitative estimate of drug-likeness (QED) is 0.829. The molecule has 0 aromatic heterocycles. The van der Waals surface area contributed by atoms with E-state index in [0.29, 0.717) is 18.2 Å². The van der Waals surface area contributed by atoms with Crippen molar-refractivity contribution < 1.29 is 13.9 Å². The molecule has 2 atom stereocenters. The van der Waals surface area contributed by atoms with Crippen molar-refractivity contribution in [2.45, 2.75) is 63.9 Å². The summed E-state index contributed by atoms with van der Waals surface area (Å²) in [5, 5.41) is 0. The average Bonchev–Trinajstić information content (AvgIpc) is 2.44. The Bertz CT molecular complexity index is 470. The van der Waals surface area contributed by atoms with Gasteiger partial charge in [-0.15, -0.1) is 0 Å². The first kappa shape index (κ1) is 15.8. The molecule has 0 N–H and O–H groups in total. The molecule has 2 fully saturated rings. The van der Waals surface area contributed by atoms with E-state index in [1.165, 1.54) is 31.4 Å². The Labute approximate surface area is 132 Å². The van der Waals surface area contributed by atoms with Crippen LogP contribution in [0.4, 0.5) is 4.39 Å². The topological polar surface area (TPSA) is 21.7 Å². The molecule has 0 spiro atoms. The molecule has 0 amide bonds. The van der Waals surface area contributed by atoms with Gasteiger partial charge in [0.25, 0.3) is 0 Å². The molecular weight excluding hydrogens is 281 g/mol. The van der Waals surface area contributed by atoms with E-state index in [9.17, 15) is 4.39 Å². The van der Waals surface area contributed by atoms with Crippen LogP contribution >= 0.6 is 0 Å². The fourth-order valence-electron chi connectivity index (χ4n) is 3.51. The van der Waals surface area contributed by atoms with E-state index in [4.69, 9.17) is 9.47 Å². The van der Waals surface area contributed by atoms with Gasteiger partial charge in [-0.25, -0.2) is 4.39 Å². The maximum atomic E-state index is 12.9. The third-order valence-electron chi connectivity index (χ3n) is 4.57. The third kappa shape index (κ3) is 3.99. The van der Waals surface area contributed by atoms with Gasteiger partial charge in [-0.3, -0.25) is 4.90 Å². The lowest BCUT2D eigenvalue weighted by Crippen LogP contribution is -2.59. The van der Waals surface area contributed by atoms with E-state index in [-0.39, 0.29) is 11.9 Å². The Morgan fingerprint density at radius 2 is 1.82 bits per heavy atom.